The Morgan fingerprint density at radius 2 is 1.01 bits per heavy atom. The first-order valence-corrected chi connectivity index (χ1v) is 33.6. The van der Waals surface area contributed by atoms with Crippen molar-refractivity contribution < 1.29 is 62.3 Å². The molecule has 13 amide bonds. The summed E-state index contributed by atoms with van der Waals surface area (Å²) in [5.74, 6) is -9.80. The van der Waals surface area contributed by atoms with Gasteiger partial charge in [0.1, 0.15) is 54.4 Å². The third-order valence-corrected chi connectivity index (χ3v) is 16.7. The Kier molecular flexibility index (Phi) is 33.9. The van der Waals surface area contributed by atoms with Gasteiger partial charge in [0.2, 0.25) is 76.8 Å². The average molecular weight is 1350 g/mol. The van der Waals surface area contributed by atoms with E-state index in [1.807, 2.05) is 20.1 Å². The predicted molar refractivity (Wildman–Crippen MR) is 356 cm³/mol. The van der Waals surface area contributed by atoms with E-state index in [2.05, 4.69) is 47.5 Å². The smallest absolute Gasteiger partial charge is 0.245 e. The molecular formula is C63H98N18O13S. The van der Waals surface area contributed by atoms with Gasteiger partial charge in [-0.15, -0.1) is 0 Å². The van der Waals surface area contributed by atoms with Crippen molar-refractivity contribution in [2.75, 3.05) is 44.7 Å². The number of hydrogen-bond donors (Lipinski definition) is 15. The molecule has 31 nitrogen and oxygen atoms in total. The van der Waals surface area contributed by atoms with Crippen molar-refractivity contribution in [2.45, 2.75) is 183 Å². The molecule has 95 heavy (non-hydrogen) atoms. The van der Waals surface area contributed by atoms with E-state index in [1.165, 1.54) is 21.6 Å². The van der Waals surface area contributed by atoms with Crippen molar-refractivity contribution >= 4 is 94.5 Å². The molecule has 2 saturated heterocycles. The summed E-state index contributed by atoms with van der Waals surface area (Å²) in [5.41, 5.74) is 40.6. The summed E-state index contributed by atoms with van der Waals surface area (Å²) in [6.07, 6.45) is 3.12. The molecule has 0 aromatic heterocycles. The van der Waals surface area contributed by atoms with Crippen LogP contribution < -0.4 is 82.7 Å². The van der Waals surface area contributed by atoms with Gasteiger partial charge in [-0.2, -0.15) is 11.8 Å². The van der Waals surface area contributed by atoms with Crippen molar-refractivity contribution in [3.8, 4) is 0 Å². The zero-order chi connectivity index (χ0) is 70.1. The van der Waals surface area contributed by atoms with Crippen molar-refractivity contribution in [3.63, 3.8) is 0 Å². The molecular weight excluding hydrogens is 1250 g/mol. The van der Waals surface area contributed by atoms with Gasteiger partial charge in [0.25, 0.3) is 0 Å². The van der Waals surface area contributed by atoms with E-state index >= 15 is 0 Å². The molecule has 2 aliphatic heterocycles. The van der Waals surface area contributed by atoms with Crippen LogP contribution in [0.1, 0.15) is 121 Å². The number of carbonyl (C=O) groups excluding carboxylic acids is 13. The largest absolute Gasteiger partial charge is 0.370 e. The second kappa shape index (κ2) is 41.0. The fraction of sp³-hybridized carbons (Fsp3) is 0.587. The first-order chi connectivity index (χ1) is 45.2. The van der Waals surface area contributed by atoms with Crippen LogP contribution in [-0.2, 0) is 75.2 Å². The summed E-state index contributed by atoms with van der Waals surface area (Å²) in [4.78, 5) is 185. The number of thioether (sulfide) groups is 1. The predicted octanol–water partition coefficient (Wildman–Crippen LogP) is -3.71. The van der Waals surface area contributed by atoms with Gasteiger partial charge in [-0.1, -0.05) is 74.5 Å². The van der Waals surface area contributed by atoms with Crippen molar-refractivity contribution in [2.24, 2.45) is 51.0 Å². The zero-order valence-electron chi connectivity index (χ0n) is 54.5. The van der Waals surface area contributed by atoms with Crippen LogP contribution in [0.5, 0.6) is 0 Å². The number of carbonyl (C=O) groups is 13. The van der Waals surface area contributed by atoms with Crippen LogP contribution in [0.3, 0.4) is 0 Å². The zero-order valence-corrected chi connectivity index (χ0v) is 55.3. The Hall–Kier alpha value is -8.91. The first-order valence-electron chi connectivity index (χ1n) is 32.2. The maximum absolute atomic E-state index is 14.7. The molecule has 0 radical (unpaired) electrons. The second-order valence-electron chi connectivity index (χ2n) is 24.1. The van der Waals surface area contributed by atoms with Crippen molar-refractivity contribution in [1.29, 1.82) is 0 Å². The number of rotatable bonds is 42. The number of primary amides is 3. The van der Waals surface area contributed by atoms with E-state index in [4.69, 9.17) is 40.1 Å². The summed E-state index contributed by atoms with van der Waals surface area (Å²) < 4.78 is 0. The summed E-state index contributed by atoms with van der Waals surface area (Å²) in [6, 6.07) is 4.51. The highest BCUT2D eigenvalue weighted by atomic mass is 32.2. The number of nitrogens with one attached hydrogen (secondary N) is 8. The van der Waals surface area contributed by atoms with E-state index < -0.39 is 169 Å². The molecule has 2 aromatic carbocycles. The van der Waals surface area contributed by atoms with E-state index in [9.17, 15) is 62.3 Å². The highest BCUT2D eigenvalue weighted by Gasteiger charge is 2.42. The van der Waals surface area contributed by atoms with E-state index in [1.54, 1.807) is 60.7 Å². The van der Waals surface area contributed by atoms with Gasteiger partial charge in [0, 0.05) is 45.3 Å². The van der Waals surface area contributed by atoms with Crippen LogP contribution in [0.4, 0.5) is 0 Å². The SMILES string of the molecule is CSCC[C@H](NC(=O)[C@@H](CC(C)C)NC(=O)CNC(=O)[C@H](Cc1ccccc1)NC(=O)[C@H](Cc1ccccc1)NC(=O)[C@H](CCC(N)=O)NC(=O)[C@@H](CCC(N)=O)NC(=O)[C@@H]1CCCN1C(=O)[C@@H](CCCCN)NC(=O)[C@H]1CCCN1C(=O)[C@H](N)CCCN=C(N)N)C(N)=O. The standard InChI is InChI=1S/C63H98N18O13S/c1-37(2)33-45(57(89)74-41(53(68)85)27-32-95-3)73-52(84)36-72-54(86)46(34-38-15-6-4-7-16-38)78-58(90)47(35-39-17-8-5-9-18-39)79-56(88)42(23-25-50(66)82)75-55(87)43(24-26-51(67)83)76-59(91)49-22-14-31-81(49)62(94)44(20-10-11-28-64)77-60(92)48-21-13-30-80(48)61(93)40(65)19-12-29-71-63(69)70/h4-9,15-18,37,40-49H,10-14,19-36,64-65H2,1-3H3,(H2,66,82)(H2,67,83)(H2,68,85)(H,72,86)(H,73,84)(H,74,89)(H,75,87)(H,76,91)(H,77,92)(H,78,90)(H,79,88)(H4,69,70,71)/t40-,41+,42+,43-,44-,45-,46+,47+,48-,49+/m1/s1. The average Bonchev–Trinajstić information content (AvgIpc) is 1.74. The van der Waals surface area contributed by atoms with Gasteiger partial charge >= 0.3 is 0 Å². The molecule has 524 valence electrons. The minimum absolute atomic E-state index is 0.0736. The quantitative estimate of drug-likeness (QED) is 0.0173. The monoisotopic (exact) mass is 1350 g/mol. The van der Waals surface area contributed by atoms with E-state index in [0.29, 0.717) is 55.4 Å². The van der Waals surface area contributed by atoms with E-state index in [0.717, 1.165) is 0 Å². The molecule has 2 aromatic rings. The van der Waals surface area contributed by atoms with Crippen LogP contribution in [0, 0.1) is 5.92 Å². The fourth-order valence-electron chi connectivity index (χ4n) is 11.0. The topological polar surface area (TPSA) is 519 Å². The van der Waals surface area contributed by atoms with Gasteiger partial charge < -0.3 is 92.5 Å². The summed E-state index contributed by atoms with van der Waals surface area (Å²) in [5, 5.41) is 21.1. The number of hydrogen-bond acceptors (Lipinski definition) is 17. The molecule has 2 aliphatic rings. The highest BCUT2D eigenvalue weighted by Crippen LogP contribution is 2.24. The lowest BCUT2D eigenvalue weighted by Gasteiger charge is -2.32. The minimum atomic E-state index is -1.64. The van der Waals surface area contributed by atoms with Gasteiger partial charge in [-0.3, -0.25) is 67.3 Å². The lowest BCUT2D eigenvalue weighted by Crippen LogP contribution is -2.60. The van der Waals surface area contributed by atoms with Crippen LogP contribution in [0.15, 0.2) is 65.7 Å². The lowest BCUT2D eigenvalue weighted by molar-refractivity contribution is -0.144. The van der Waals surface area contributed by atoms with Gasteiger partial charge in [-0.05, 0) is 119 Å². The van der Waals surface area contributed by atoms with Crippen LogP contribution >= 0.6 is 11.8 Å². The molecule has 2 heterocycles. The van der Waals surface area contributed by atoms with Crippen LogP contribution in [-0.4, -0.2) is 198 Å². The van der Waals surface area contributed by atoms with Crippen LogP contribution in [0.25, 0.3) is 0 Å². The number of nitrogens with two attached hydrogens (primary N) is 7. The lowest BCUT2D eigenvalue weighted by atomic mass is 10.0. The minimum Gasteiger partial charge on any atom is -0.370 e. The molecule has 0 saturated carbocycles. The first kappa shape index (κ1) is 78.5. The highest BCUT2D eigenvalue weighted by molar-refractivity contribution is 7.98. The Bertz CT molecular complexity index is 2960. The van der Waals surface area contributed by atoms with Crippen molar-refractivity contribution in [3.05, 3.63) is 71.8 Å². The molecule has 0 spiro atoms. The van der Waals surface area contributed by atoms with Crippen LogP contribution in [0.2, 0.25) is 0 Å². The maximum atomic E-state index is 14.7. The molecule has 2 fully saturated rings. The van der Waals surface area contributed by atoms with Crippen molar-refractivity contribution in [1.82, 2.24) is 52.3 Å². The molecule has 10 atom stereocenters. The Labute approximate surface area is 558 Å². The van der Waals surface area contributed by atoms with E-state index in [-0.39, 0.29) is 83.0 Å². The molecule has 0 unspecified atom stereocenters. The molecule has 22 N–H and O–H groups in total. The third kappa shape index (κ3) is 27.5. The number of unbranched alkanes of at least 4 members (excludes halogenated alkanes) is 1. The third-order valence-electron chi connectivity index (χ3n) is 16.0. The summed E-state index contributed by atoms with van der Waals surface area (Å²) in [6.45, 7) is 3.86. The molecule has 0 bridgehead atoms. The second-order valence-corrected chi connectivity index (χ2v) is 25.1. The Morgan fingerprint density at radius 1 is 0.537 bits per heavy atom. The number of likely N-dealkylation sites (tertiary alicyclic amines) is 2. The van der Waals surface area contributed by atoms with Gasteiger partial charge in [0.15, 0.2) is 5.96 Å². The summed E-state index contributed by atoms with van der Waals surface area (Å²) >= 11 is 1.45. The number of aliphatic imine (C=N–C) groups is 1. The number of guanidine groups is 1. The Morgan fingerprint density at radius 3 is 1.51 bits per heavy atom. The normalized spacial score (nSPS) is 16.8. The fourth-order valence-corrected chi connectivity index (χ4v) is 11.5. The molecule has 4 rings (SSSR count). The number of amides is 13. The maximum Gasteiger partial charge on any atom is 0.245 e. The molecule has 32 heteroatoms. The van der Waals surface area contributed by atoms with Gasteiger partial charge in [-0.25, -0.2) is 0 Å². The van der Waals surface area contributed by atoms with Gasteiger partial charge in [0.05, 0.1) is 12.6 Å². The molecule has 0 aliphatic carbocycles. The Balaban J connectivity index is 1.56. The number of nitrogens with zero attached hydrogens (tertiary/aromatic N) is 3. The number of benzene rings is 2. The summed E-state index contributed by atoms with van der Waals surface area (Å²) in [7, 11) is 0.